The van der Waals surface area contributed by atoms with Crippen molar-refractivity contribution in [2.45, 2.75) is 12.4 Å². The summed E-state index contributed by atoms with van der Waals surface area (Å²) >= 11 is 0. The molecule has 1 spiro atoms. The van der Waals surface area contributed by atoms with Gasteiger partial charge in [-0.2, -0.15) is 26.3 Å². The molecule has 0 saturated carbocycles. The van der Waals surface area contributed by atoms with Gasteiger partial charge in [-0.05, 0) is 18.2 Å². The first-order valence-corrected chi connectivity index (χ1v) is 6.35. The Bertz CT molecular complexity index is 551. The zero-order valence-corrected chi connectivity index (χ0v) is 10.8. The largest absolute Gasteiger partial charge is 0.418 e. The maximum absolute atomic E-state index is 13.0. The fraction of sp³-hybridized carbons (Fsp3) is 0.538. The Morgan fingerprint density at radius 3 is 2.00 bits per heavy atom. The Morgan fingerprint density at radius 2 is 1.57 bits per heavy atom. The highest BCUT2D eigenvalue weighted by atomic mass is 19.4. The van der Waals surface area contributed by atoms with Crippen LogP contribution >= 0.6 is 0 Å². The zero-order chi connectivity index (χ0) is 15.5. The number of alkyl halides is 6. The number of anilines is 1. The predicted octanol–water partition coefficient (Wildman–Crippen LogP) is 3.13. The summed E-state index contributed by atoms with van der Waals surface area (Å²) < 4.78 is 77.0. The number of hydrogen-bond acceptors (Lipinski definition) is 2. The molecule has 0 amide bonds. The first-order valence-electron chi connectivity index (χ1n) is 6.35. The second kappa shape index (κ2) is 4.28. The first-order chi connectivity index (χ1) is 9.61. The van der Waals surface area contributed by atoms with Crippen LogP contribution in [-0.4, -0.2) is 26.2 Å². The fourth-order valence-corrected chi connectivity index (χ4v) is 2.85. The Labute approximate surface area is 116 Å². The molecule has 2 nitrogen and oxygen atoms in total. The molecule has 3 rings (SSSR count). The molecule has 2 aliphatic rings. The summed E-state index contributed by atoms with van der Waals surface area (Å²) in [7, 11) is 0. The van der Waals surface area contributed by atoms with Gasteiger partial charge in [-0.15, -0.1) is 0 Å². The van der Waals surface area contributed by atoms with E-state index >= 15 is 0 Å². The maximum Gasteiger partial charge on any atom is 0.418 e. The SMILES string of the molecule is FC(F)(F)c1ccc(C(F)(F)F)c(N2CC3(CNC3)C2)c1. The summed E-state index contributed by atoms with van der Waals surface area (Å²) in [5, 5.41) is 3.03. The molecule has 1 aromatic carbocycles. The van der Waals surface area contributed by atoms with Crippen LogP contribution in [0, 0.1) is 5.41 Å². The topological polar surface area (TPSA) is 15.3 Å². The van der Waals surface area contributed by atoms with Crippen LogP contribution in [0.5, 0.6) is 0 Å². The molecule has 2 fully saturated rings. The molecule has 21 heavy (non-hydrogen) atoms. The van der Waals surface area contributed by atoms with E-state index < -0.39 is 23.5 Å². The third kappa shape index (κ3) is 2.45. The van der Waals surface area contributed by atoms with E-state index in [1.54, 1.807) is 0 Å². The molecule has 0 radical (unpaired) electrons. The van der Waals surface area contributed by atoms with E-state index in [0.29, 0.717) is 44.4 Å². The summed E-state index contributed by atoms with van der Waals surface area (Å²) in [6.45, 7) is 2.10. The molecule has 0 unspecified atom stereocenters. The lowest BCUT2D eigenvalue weighted by Crippen LogP contribution is -2.71. The van der Waals surface area contributed by atoms with Crippen molar-refractivity contribution in [1.82, 2.24) is 5.32 Å². The van der Waals surface area contributed by atoms with E-state index in [0.717, 1.165) is 0 Å². The van der Waals surface area contributed by atoms with Crippen LogP contribution in [-0.2, 0) is 12.4 Å². The molecule has 0 atom stereocenters. The van der Waals surface area contributed by atoms with Crippen molar-refractivity contribution in [2.24, 2.45) is 5.41 Å². The minimum absolute atomic E-state index is 0.0723. The van der Waals surface area contributed by atoms with Crippen LogP contribution in [0.4, 0.5) is 32.0 Å². The van der Waals surface area contributed by atoms with Crippen LogP contribution < -0.4 is 10.2 Å². The minimum atomic E-state index is -4.67. The van der Waals surface area contributed by atoms with E-state index in [4.69, 9.17) is 0 Å². The van der Waals surface area contributed by atoms with Crippen molar-refractivity contribution >= 4 is 5.69 Å². The number of nitrogens with zero attached hydrogens (tertiary/aromatic N) is 1. The van der Waals surface area contributed by atoms with Crippen molar-refractivity contribution in [1.29, 1.82) is 0 Å². The molecule has 1 aromatic rings. The van der Waals surface area contributed by atoms with Crippen LogP contribution in [0.1, 0.15) is 11.1 Å². The third-order valence-electron chi connectivity index (χ3n) is 4.02. The van der Waals surface area contributed by atoms with Crippen molar-refractivity contribution in [3.8, 4) is 0 Å². The molecule has 0 aromatic heterocycles. The normalized spacial score (nSPS) is 21.1. The molecule has 2 aliphatic heterocycles. The molecule has 8 heteroatoms. The number of hydrogen-bond donors (Lipinski definition) is 1. The van der Waals surface area contributed by atoms with Crippen LogP contribution in [0.2, 0.25) is 0 Å². The molecule has 2 heterocycles. The van der Waals surface area contributed by atoms with E-state index in [9.17, 15) is 26.3 Å². The van der Waals surface area contributed by atoms with Gasteiger partial charge in [0.05, 0.1) is 11.1 Å². The zero-order valence-electron chi connectivity index (χ0n) is 10.8. The van der Waals surface area contributed by atoms with Gasteiger partial charge in [0, 0.05) is 37.3 Å². The number of benzene rings is 1. The summed E-state index contributed by atoms with van der Waals surface area (Å²) in [4.78, 5) is 1.37. The predicted molar refractivity (Wildman–Crippen MR) is 64.0 cm³/mol. The smallest absolute Gasteiger partial charge is 0.370 e. The second-order valence-electron chi connectivity index (χ2n) is 5.69. The second-order valence-corrected chi connectivity index (χ2v) is 5.69. The molecular formula is C13H12F6N2. The lowest BCUT2D eigenvalue weighted by Gasteiger charge is -2.57. The Hall–Kier alpha value is -1.44. The van der Waals surface area contributed by atoms with Crippen molar-refractivity contribution < 1.29 is 26.3 Å². The van der Waals surface area contributed by atoms with Gasteiger partial charge in [0.1, 0.15) is 0 Å². The van der Waals surface area contributed by atoms with E-state index in [1.165, 1.54) is 4.90 Å². The minimum Gasteiger partial charge on any atom is -0.370 e. The first kappa shape index (κ1) is 14.5. The molecule has 0 bridgehead atoms. The van der Waals surface area contributed by atoms with Crippen molar-refractivity contribution in [2.75, 3.05) is 31.1 Å². The van der Waals surface area contributed by atoms with E-state index in [1.807, 2.05) is 0 Å². The summed E-state index contributed by atoms with van der Waals surface area (Å²) in [5.41, 5.74) is -2.53. The number of nitrogens with one attached hydrogen (secondary N) is 1. The molecule has 0 aliphatic carbocycles. The van der Waals surface area contributed by atoms with Crippen LogP contribution in [0.15, 0.2) is 18.2 Å². The average molecular weight is 310 g/mol. The van der Waals surface area contributed by atoms with Gasteiger partial charge < -0.3 is 10.2 Å². The number of halogens is 6. The average Bonchev–Trinajstić information content (AvgIpc) is 2.22. The fourth-order valence-electron chi connectivity index (χ4n) is 2.85. The highest BCUT2D eigenvalue weighted by molar-refractivity contribution is 5.60. The Kier molecular flexibility index (Phi) is 2.96. The van der Waals surface area contributed by atoms with Crippen molar-refractivity contribution in [3.63, 3.8) is 0 Å². The lowest BCUT2D eigenvalue weighted by atomic mass is 9.74. The highest BCUT2D eigenvalue weighted by Crippen LogP contribution is 2.45. The quantitative estimate of drug-likeness (QED) is 0.802. The van der Waals surface area contributed by atoms with Gasteiger partial charge in [-0.25, -0.2) is 0 Å². The van der Waals surface area contributed by atoms with Gasteiger partial charge in [-0.3, -0.25) is 0 Å². The summed E-state index contributed by atoms with van der Waals surface area (Å²) in [6.07, 6.45) is -9.32. The highest BCUT2D eigenvalue weighted by Gasteiger charge is 2.49. The Balaban J connectivity index is 1.95. The van der Waals surface area contributed by atoms with Gasteiger partial charge in [0.25, 0.3) is 0 Å². The summed E-state index contributed by atoms with van der Waals surface area (Å²) in [6, 6.07) is 1.59. The van der Waals surface area contributed by atoms with Gasteiger partial charge in [0.2, 0.25) is 0 Å². The molecule has 2 saturated heterocycles. The lowest BCUT2D eigenvalue weighted by molar-refractivity contribution is -0.141. The maximum atomic E-state index is 13.0. The van der Waals surface area contributed by atoms with Crippen LogP contribution in [0.3, 0.4) is 0 Å². The van der Waals surface area contributed by atoms with E-state index in [2.05, 4.69) is 5.32 Å². The molecule has 116 valence electrons. The monoisotopic (exact) mass is 310 g/mol. The van der Waals surface area contributed by atoms with Crippen LogP contribution in [0.25, 0.3) is 0 Å². The van der Waals surface area contributed by atoms with Crippen molar-refractivity contribution in [3.05, 3.63) is 29.3 Å². The Morgan fingerprint density at radius 1 is 0.952 bits per heavy atom. The summed E-state index contributed by atoms with van der Waals surface area (Å²) in [5.74, 6) is 0. The van der Waals surface area contributed by atoms with Gasteiger partial charge in [0.15, 0.2) is 0 Å². The standard InChI is InChI=1S/C13H12F6N2/c14-12(15,16)8-1-2-9(13(17,18)19)10(3-8)21-6-11(7-21)4-20-5-11/h1-3,20H,4-7H2. The molecular weight excluding hydrogens is 298 g/mol. The molecule has 1 N–H and O–H groups in total. The third-order valence-corrected chi connectivity index (χ3v) is 4.02. The van der Waals surface area contributed by atoms with E-state index in [-0.39, 0.29) is 11.1 Å². The number of rotatable bonds is 1. The van der Waals surface area contributed by atoms with Gasteiger partial charge in [-0.1, -0.05) is 0 Å². The van der Waals surface area contributed by atoms with Gasteiger partial charge >= 0.3 is 12.4 Å².